The van der Waals surface area contributed by atoms with Gasteiger partial charge in [0, 0.05) is 6.20 Å². The van der Waals surface area contributed by atoms with Crippen LogP contribution in [0.3, 0.4) is 0 Å². The highest BCUT2D eigenvalue weighted by atomic mass is 16.1. The van der Waals surface area contributed by atoms with Crippen molar-refractivity contribution in [2.45, 2.75) is 6.92 Å². The average Bonchev–Trinajstić information content (AvgIpc) is 2.27. The van der Waals surface area contributed by atoms with Crippen LogP contribution in [-0.2, 0) is 4.79 Å². The van der Waals surface area contributed by atoms with Crippen molar-refractivity contribution in [2.75, 3.05) is 0 Å². The Morgan fingerprint density at radius 3 is 2.44 bits per heavy atom. The normalized spacial score (nSPS) is 11.8. The van der Waals surface area contributed by atoms with E-state index in [0.29, 0.717) is 5.70 Å². The highest BCUT2D eigenvalue weighted by Gasteiger charge is 1.95. The molecule has 4 heteroatoms. The molecule has 4 nitrogen and oxygen atoms in total. The molecule has 0 aliphatic heterocycles. The smallest absolute Gasteiger partial charge is 0.152 e. The number of rotatable bonds is 4. The topological polar surface area (TPSA) is 81.1 Å². The van der Waals surface area contributed by atoms with Crippen LogP contribution < -0.4 is 17.0 Å². The third-order valence-corrected chi connectivity index (χ3v) is 1.99. The van der Waals surface area contributed by atoms with Gasteiger partial charge in [-0.05, 0) is 24.1 Å². The van der Waals surface area contributed by atoms with Crippen LogP contribution in [0.2, 0.25) is 0 Å². The lowest BCUT2D eigenvalue weighted by atomic mass is 10.1. The van der Waals surface area contributed by atoms with Crippen LogP contribution in [0, 0.1) is 0 Å². The number of hydrazine groups is 1. The van der Waals surface area contributed by atoms with Crippen molar-refractivity contribution in [3.05, 3.63) is 47.7 Å². The molecule has 0 saturated carbocycles. The summed E-state index contributed by atoms with van der Waals surface area (Å²) in [7, 11) is 0. The van der Waals surface area contributed by atoms with Crippen LogP contribution in [0.5, 0.6) is 0 Å². The number of nitrogens with two attached hydrogens (primary N) is 2. The molecule has 0 radical (unpaired) electrons. The standard InChI is InChI=1S/C12H15N3O/c1-9(16)2-3-10-4-6-11(7-5-10)12(13)8-15-14/h2-8,15H,13-14H2,1H3/b3-2+,12-8-. The van der Waals surface area contributed by atoms with Gasteiger partial charge in [0.25, 0.3) is 0 Å². The lowest BCUT2D eigenvalue weighted by Gasteiger charge is -2.02. The van der Waals surface area contributed by atoms with E-state index in [4.69, 9.17) is 11.6 Å². The van der Waals surface area contributed by atoms with E-state index in [1.165, 1.54) is 19.2 Å². The summed E-state index contributed by atoms with van der Waals surface area (Å²) in [5, 5.41) is 0. The number of carbonyl (C=O) groups excluding carboxylic acids is 1. The predicted molar refractivity (Wildman–Crippen MR) is 65.6 cm³/mol. The van der Waals surface area contributed by atoms with E-state index in [9.17, 15) is 4.79 Å². The van der Waals surface area contributed by atoms with Crippen LogP contribution in [-0.4, -0.2) is 5.78 Å². The van der Waals surface area contributed by atoms with Crippen LogP contribution in [0.1, 0.15) is 18.1 Å². The van der Waals surface area contributed by atoms with Crippen molar-refractivity contribution in [3.63, 3.8) is 0 Å². The van der Waals surface area contributed by atoms with Crippen molar-refractivity contribution >= 4 is 17.6 Å². The summed E-state index contributed by atoms with van der Waals surface area (Å²) < 4.78 is 0. The van der Waals surface area contributed by atoms with Gasteiger partial charge in [0.05, 0.1) is 5.70 Å². The first-order chi connectivity index (χ1) is 7.63. The van der Waals surface area contributed by atoms with Crippen LogP contribution >= 0.6 is 0 Å². The molecule has 0 heterocycles. The molecule has 16 heavy (non-hydrogen) atoms. The number of carbonyl (C=O) groups is 1. The van der Waals surface area contributed by atoms with Crippen molar-refractivity contribution in [3.8, 4) is 0 Å². The molecule has 0 atom stereocenters. The summed E-state index contributed by atoms with van der Waals surface area (Å²) >= 11 is 0. The molecule has 0 unspecified atom stereocenters. The Kier molecular flexibility index (Phi) is 4.29. The molecule has 1 aromatic rings. The van der Waals surface area contributed by atoms with Gasteiger partial charge in [0.2, 0.25) is 0 Å². The number of ketones is 1. The third kappa shape index (κ3) is 3.59. The Morgan fingerprint density at radius 2 is 1.94 bits per heavy atom. The van der Waals surface area contributed by atoms with Gasteiger partial charge >= 0.3 is 0 Å². The van der Waals surface area contributed by atoms with Gasteiger partial charge in [-0.15, -0.1) is 0 Å². The minimum atomic E-state index is 0.0239. The fourth-order valence-corrected chi connectivity index (χ4v) is 1.17. The van der Waals surface area contributed by atoms with E-state index in [1.807, 2.05) is 24.3 Å². The average molecular weight is 217 g/mol. The number of benzene rings is 1. The zero-order valence-electron chi connectivity index (χ0n) is 9.10. The quantitative estimate of drug-likeness (QED) is 0.399. The Bertz CT molecular complexity index is 418. The van der Waals surface area contributed by atoms with E-state index in [1.54, 1.807) is 6.08 Å². The summed E-state index contributed by atoms with van der Waals surface area (Å²) in [5.74, 6) is 5.15. The van der Waals surface area contributed by atoms with Gasteiger partial charge in [-0.2, -0.15) is 0 Å². The van der Waals surface area contributed by atoms with Gasteiger partial charge in [0.15, 0.2) is 5.78 Å². The molecular formula is C12H15N3O. The number of nitrogens with one attached hydrogen (secondary N) is 1. The second kappa shape index (κ2) is 5.72. The first-order valence-corrected chi connectivity index (χ1v) is 4.84. The summed E-state index contributed by atoms with van der Waals surface area (Å²) in [5.41, 5.74) is 10.5. The van der Waals surface area contributed by atoms with E-state index in [2.05, 4.69) is 5.43 Å². The summed E-state index contributed by atoms with van der Waals surface area (Å²) in [4.78, 5) is 10.7. The highest BCUT2D eigenvalue weighted by Crippen LogP contribution is 2.10. The van der Waals surface area contributed by atoms with E-state index in [0.717, 1.165) is 11.1 Å². The SMILES string of the molecule is CC(=O)/C=C/c1ccc(/C(N)=C/NN)cc1. The van der Waals surface area contributed by atoms with Gasteiger partial charge in [-0.3, -0.25) is 10.6 Å². The van der Waals surface area contributed by atoms with E-state index in [-0.39, 0.29) is 5.78 Å². The molecule has 0 fully saturated rings. The van der Waals surface area contributed by atoms with Crippen molar-refractivity contribution < 1.29 is 4.79 Å². The zero-order valence-corrected chi connectivity index (χ0v) is 9.10. The zero-order chi connectivity index (χ0) is 12.0. The number of hydrogen-bond acceptors (Lipinski definition) is 4. The summed E-state index contributed by atoms with van der Waals surface area (Å²) in [6.45, 7) is 1.51. The summed E-state index contributed by atoms with van der Waals surface area (Å²) in [6.07, 6.45) is 4.79. The molecule has 5 N–H and O–H groups in total. The molecular weight excluding hydrogens is 202 g/mol. The molecule has 0 spiro atoms. The lowest BCUT2D eigenvalue weighted by Crippen LogP contribution is -2.16. The molecule has 0 aromatic heterocycles. The molecule has 0 saturated heterocycles. The molecule has 0 aliphatic rings. The Morgan fingerprint density at radius 1 is 1.31 bits per heavy atom. The van der Waals surface area contributed by atoms with Crippen LogP contribution in [0.4, 0.5) is 0 Å². The molecule has 0 aliphatic carbocycles. The fourth-order valence-electron chi connectivity index (χ4n) is 1.17. The van der Waals surface area contributed by atoms with Gasteiger partial charge in [-0.1, -0.05) is 30.3 Å². The minimum absolute atomic E-state index is 0.0239. The monoisotopic (exact) mass is 217 g/mol. The predicted octanol–water partition coefficient (Wildman–Crippen LogP) is 1.01. The largest absolute Gasteiger partial charge is 0.397 e. The van der Waals surface area contributed by atoms with Gasteiger partial charge < -0.3 is 11.2 Å². The first kappa shape index (κ1) is 12.0. The fraction of sp³-hybridized carbons (Fsp3) is 0.0833. The maximum absolute atomic E-state index is 10.7. The van der Waals surface area contributed by atoms with E-state index >= 15 is 0 Å². The van der Waals surface area contributed by atoms with Crippen LogP contribution in [0.15, 0.2) is 36.5 Å². The van der Waals surface area contributed by atoms with Crippen molar-refractivity contribution in [2.24, 2.45) is 11.6 Å². The Balaban J connectivity index is 2.83. The lowest BCUT2D eigenvalue weighted by molar-refractivity contribution is -0.112. The molecule has 1 rings (SSSR count). The number of allylic oxidation sites excluding steroid dienone is 1. The number of hydrogen-bond donors (Lipinski definition) is 3. The van der Waals surface area contributed by atoms with Gasteiger partial charge in [0.1, 0.15) is 0 Å². The molecule has 0 bridgehead atoms. The van der Waals surface area contributed by atoms with Gasteiger partial charge in [-0.25, -0.2) is 0 Å². The first-order valence-electron chi connectivity index (χ1n) is 4.84. The second-order valence-electron chi connectivity index (χ2n) is 3.33. The van der Waals surface area contributed by atoms with Crippen LogP contribution in [0.25, 0.3) is 11.8 Å². The molecule has 1 aromatic carbocycles. The van der Waals surface area contributed by atoms with Crippen molar-refractivity contribution in [1.82, 2.24) is 5.43 Å². The second-order valence-corrected chi connectivity index (χ2v) is 3.33. The third-order valence-electron chi connectivity index (χ3n) is 1.99. The maximum Gasteiger partial charge on any atom is 0.152 e. The highest BCUT2D eigenvalue weighted by molar-refractivity contribution is 5.91. The summed E-state index contributed by atoms with van der Waals surface area (Å²) in [6, 6.07) is 7.49. The van der Waals surface area contributed by atoms with E-state index < -0.39 is 0 Å². The van der Waals surface area contributed by atoms with Crippen molar-refractivity contribution in [1.29, 1.82) is 0 Å². The maximum atomic E-state index is 10.7. The molecule has 84 valence electrons. The Labute approximate surface area is 94.6 Å². The molecule has 0 amide bonds. The Hall–Kier alpha value is -2.07. The minimum Gasteiger partial charge on any atom is -0.397 e.